The highest BCUT2D eigenvalue weighted by Crippen LogP contribution is 2.31. The van der Waals surface area contributed by atoms with Crippen LogP contribution in [0.15, 0.2) is 59.9 Å². The van der Waals surface area contributed by atoms with Gasteiger partial charge in [0, 0.05) is 36.8 Å². The van der Waals surface area contributed by atoms with Crippen molar-refractivity contribution in [3.05, 3.63) is 77.2 Å². The maximum atomic E-state index is 13.9. The highest BCUT2D eigenvalue weighted by atomic mass is 19.1. The van der Waals surface area contributed by atoms with Crippen LogP contribution in [0.5, 0.6) is 0 Å². The van der Waals surface area contributed by atoms with Crippen LogP contribution < -0.4 is 10.9 Å². The Labute approximate surface area is 234 Å². The number of hydrogen-bond acceptors (Lipinski definition) is 7. The maximum Gasteiger partial charge on any atom is 0.296 e. The molecule has 1 aromatic carbocycles. The van der Waals surface area contributed by atoms with Gasteiger partial charge in [-0.05, 0) is 74.9 Å². The monoisotopic (exact) mass is 563 g/mol. The smallest absolute Gasteiger partial charge is 0.296 e. The van der Waals surface area contributed by atoms with E-state index in [1.54, 1.807) is 24.3 Å². The number of rotatable bonds is 6. The molecule has 6 rings (SSSR count). The number of fused-ring (bicyclic) bond motifs is 1. The first-order valence-corrected chi connectivity index (χ1v) is 13.9. The average molecular weight is 564 g/mol. The van der Waals surface area contributed by atoms with Gasteiger partial charge in [-0.2, -0.15) is 9.49 Å². The summed E-state index contributed by atoms with van der Waals surface area (Å²) in [5, 5.41) is 18.9. The Morgan fingerprint density at radius 2 is 1.78 bits per heavy atom. The normalized spacial score (nSPS) is 20.7. The lowest BCUT2D eigenvalue weighted by Gasteiger charge is -2.40. The van der Waals surface area contributed by atoms with Crippen LogP contribution in [0.3, 0.4) is 0 Å². The van der Waals surface area contributed by atoms with E-state index < -0.39 is 17.1 Å². The molecule has 4 heterocycles. The minimum Gasteiger partial charge on any atom is -0.388 e. The van der Waals surface area contributed by atoms with Gasteiger partial charge in [-0.25, -0.2) is 18.9 Å². The van der Waals surface area contributed by atoms with Crippen molar-refractivity contribution in [2.75, 3.05) is 18.4 Å². The van der Waals surface area contributed by atoms with Crippen molar-refractivity contribution in [3.8, 4) is 11.3 Å². The number of piperidine rings is 1. The first-order valence-electron chi connectivity index (χ1n) is 13.9. The summed E-state index contributed by atoms with van der Waals surface area (Å²) >= 11 is 0. The Kier molecular flexibility index (Phi) is 7.24. The SMILES string of the molecule is O=C(C1CCC(Nc2cccnc2F)CC1)N1CCC(O)(Cn2cnn3c(-c4ccc(F)cc4)cnc3c2=O)CC1. The lowest BCUT2D eigenvalue weighted by atomic mass is 9.84. The summed E-state index contributed by atoms with van der Waals surface area (Å²) in [5.41, 5.74) is 0.168. The number of carbonyl (C=O) groups is 1. The van der Waals surface area contributed by atoms with Crippen LogP contribution >= 0.6 is 0 Å². The molecule has 10 nitrogen and oxygen atoms in total. The third-order valence-corrected chi connectivity index (χ3v) is 8.30. The van der Waals surface area contributed by atoms with E-state index in [1.807, 2.05) is 4.90 Å². The molecular weight excluding hydrogens is 532 g/mol. The van der Waals surface area contributed by atoms with Gasteiger partial charge < -0.3 is 15.3 Å². The van der Waals surface area contributed by atoms with Crippen molar-refractivity contribution >= 4 is 17.2 Å². The maximum absolute atomic E-state index is 13.9. The average Bonchev–Trinajstić information content (AvgIpc) is 3.42. The Morgan fingerprint density at radius 3 is 2.49 bits per heavy atom. The molecule has 0 bridgehead atoms. The van der Waals surface area contributed by atoms with Crippen LogP contribution in [0.2, 0.25) is 0 Å². The molecule has 1 saturated heterocycles. The fourth-order valence-electron chi connectivity index (χ4n) is 5.91. The molecule has 2 N–H and O–H groups in total. The number of aliphatic hydroxyl groups is 1. The zero-order valence-corrected chi connectivity index (χ0v) is 22.4. The summed E-state index contributed by atoms with van der Waals surface area (Å²) in [4.78, 5) is 36.1. The number of hydrogen-bond donors (Lipinski definition) is 2. The molecule has 1 aliphatic heterocycles. The van der Waals surface area contributed by atoms with Crippen molar-refractivity contribution in [2.24, 2.45) is 5.92 Å². The van der Waals surface area contributed by atoms with Crippen LogP contribution in [-0.2, 0) is 11.3 Å². The molecule has 12 heteroatoms. The molecule has 2 aliphatic rings. The molecule has 4 aromatic rings. The van der Waals surface area contributed by atoms with Crippen molar-refractivity contribution in [1.82, 2.24) is 29.0 Å². The van der Waals surface area contributed by atoms with Gasteiger partial charge in [0.2, 0.25) is 17.5 Å². The van der Waals surface area contributed by atoms with E-state index in [0.29, 0.717) is 55.7 Å². The predicted octanol–water partition coefficient (Wildman–Crippen LogP) is 3.26. The zero-order valence-electron chi connectivity index (χ0n) is 22.4. The topological polar surface area (TPSA) is 118 Å². The summed E-state index contributed by atoms with van der Waals surface area (Å²) in [6.45, 7) is 0.839. The van der Waals surface area contributed by atoms with Crippen LogP contribution in [0.25, 0.3) is 16.9 Å². The third-order valence-electron chi connectivity index (χ3n) is 8.30. The van der Waals surface area contributed by atoms with Crippen LogP contribution in [0, 0.1) is 17.7 Å². The highest BCUT2D eigenvalue weighted by Gasteiger charge is 2.37. The van der Waals surface area contributed by atoms with E-state index in [2.05, 4.69) is 20.4 Å². The number of anilines is 1. The van der Waals surface area contributed by atoms with Gasteiger partial charge in [-0.15, -0.1) is 0 Å². The fourth-order valence-corrected chi connectivity index (χ4v) is 5.91. The number of amides is 1. The van der Waals surface area contributed by atoms with Crippen LogP contribution in [0.1, 0.15) is 38.5 Å². The van der Waals surface area contributed by atoms with E-state index in [9.17, 15) is 23.5 Å². The summed E-state index contributed by atoms with van der Waals surface area (Å²) in [6.07, 6.45) is 7.93. The Morgan fingerprint density at radius 1 is 1.05 bits per heavy atom. The molecule has 1 aliphatic carbocycles. The van der Waals surface area contributed by atoms with Crippen LogP contribution in [0.4, 0.5) is 14.5 Å². The van der Waals surface area contributed by atoms with Gasteiger partial charge >= 0.3 is 0 Å². The fraction of sp³-hybridized carbons (Fsp3) is 0.414. The Hall–Kier alpha value is -4.19. The standard InChI is InChI=1S/C29H31F2N7O3/c30-21-7-3-19(4-8-21)24-16-33-26-28(40)37(18-34-38(24)26)17-29(41)11-14-36(15-12-29)27(39)20-5-9-22(10-6-20)35-23-2-1-13-32-25(23)31/h1-4,7-8,13,16,18,20,22,35,41H,5-6,9-12,14-15,17H2. The molecule has 2 fully saturated rings. The molecule has 0 radical (unpaired) electrons. The number of nitrogens with one attached hydrogen (secondary N) is 1. The second-order valence-corrected chi connectivity index (χ2v) is 11.0. The number of nitrogens with zero attached hydrogens (tertiary/aromatic N) is 6. The van der Waals surface area contributed by atoms with Gasteiger partial charge in [-0.1, -0.05) is 0 Å². The second kappa shape index (κ2) is 11.0. The largest absolute Gasteiger partial charge is 0.388 e. The summed E-state index contributed by atoms with van der Waals surface area (Å²) in [5.74, 6) is -0.894. The van der Waals surface area contributed by atoms with Crippen molar-refractivity contribution in [3.63, 3.8) is 0 Å². The van der Waals surface area contributed by atoms with E-state index in [4.69, 9.17) is 0 Å². The number of halogens is 2. The van der Waals surface area contributed by atoms with E-state index >= 15 is 0 Å². The van der Waals surface area contributed by atoms with Crippen molar-refractivity contribution < 1.29 is 18.7 Å². The Balaban J connectivity index is 1.05. The predicted molar refractivity (Wildman–Crippen MR) is 147 cm³/mol. The van der Waals surface area contributed by atoms with Gasteiger partial charge in [0.15, 0.2) is 0 Å². The van der Waals surface area contributed by atoms with Crippen molar-refractivity contribution in [1.29, 1.82) is 0 Å². The molecule has 214 valence electrons. The van der Waals surface area contributed by atoms with E-state index in [-0.39, 0.29) is 35.9 Å². The molecule has 41 heavy (non-hydrogen) atoms. The van der Waals surface area contributed by atoms with Crippen molar-refractivity contribution in [2.45, 2.75) is 56.7 Å². The molecule has 1 amide bonds. The van der Waals surface area contributed by atoms with Gasteiger partial charge in [0.05, 0.1) is 29.7 Å². The first kappa shape index (κ1) is 27.0. The molecule has 1 saturated carbocycles. The minimum absolute atomic E-state index is 0.0395. The minimum atomic E-state index is -1.16. The molecule has 0 atom stereocenters. The van der Waals surface area contributed by atoms with Gasteiger partial charge in [0.25, 0.3) is 5.56 Å². The zero-order chi connectivity index (χ0) is 28.6. The second-order valence-electron chi connectivity index (χ2n) is 11.0. The number of carbonyl (C=O) groups excluding carboxylic acids is 1. The number of aromatic nitrogens is 5. The first-order chi connectivity index (χ1) is 19.8. The van der Waals surface area contributed by atoms with E-state index in [0.717, 1.165) is 12.8 Å². The quantitative estimate of drug-likeness (QED) is 0.346. The molecule has 0 spiro atoms. The molecule has 0 unspecified atom stereocenters. The molecular formula is C29H31F2N7O3. The third kappa shape index (κ3) is 5.56. The number of benzene rings is 1. The number of likely N-dealkylation sites (tertiary alicyclic amines) is 1. The van der Waals surface area contributed by atoms with Crippen LogP contribution in [-0.4, -0.2) is 64.8 Å². The highest BCUT2D eigenvalue weighted by molar-refractivity contribution is 5.79. The lowest BCUT2D eigenvalue weighted by Crippen LogP contribution is -2.51. The lowest BCUT2D eigenvalue weighted by molar-refractivity contribution is -0.141. The number of imidazole rings is 1. The number of pyridine rings is 1. The Bertz CT molecular complexity index is 1600. The van der Waals surface area contributed by atoms with E-state index in [1.165, 1.54) is 39.9 Å². The summed E-state index contributed by atoms with van der Waals surface area (Å²) in [6, 6.07) is 9.29. The van der Waals surface area contributed by atoms with Gasteiger partial charge in [0.1, 0.15) is 12.1 Å². The summed E-state index contributed by atoms with van der Waals surface area (Å²) < 4.78 is 30.0. The molecule has 3 aromatic heterocycles. The van der Waals surface area contributed by atoms with Gasteiger partial charge in [-0.3, -0.25) is 14.2 Å². The summed E-state index contributed by atoms with van der Waals surface area (Å²) in [7, 11) is 0.